The molecule has 1 aromatic heterocycles. The van der Waals surface area contributed by atoms with Gasteiger partial charge in [0.1, 0.15) is 17.5 Å². The molecule has 0 radical (unpaired) electrons. The van der Waals surface area contributed by atoms with E-state index in [0.717, 1.165) is 0 Å². The van der Waals surface area contributed by atoms with Crippen LogP contribution in [0.3, 0.4) is 0 Å². The molecule has 0 aliphatic heterocycles. The Morgan fingerprint density at radius 1 is 1.24 bits per heavy atom. The maximum atomic E-state index is 13.0. The Morgan fingerprint density at radius 2 is 1.95 bits per heavy atom. The van der Waals surface area contributed by atoms with Gasteiger partial charge in [0.2, 0.25) is 5.91 Å². The maximum absolute atomic E-state index is 13.0. The standard InChI is InChI=1S/C13H14FN5OS/c14-8-2-1-3-9(6-8)17-12(20)4-5-21-13-18-10(15)7-11(16)19-13/h1-3,6-7H,4-5H2,(H,17,20)(H4,15,16,18,19). The summed E-state index contributed by atoms with van der Waals surface area (Å²) in [4.78, 5) is 19.7. The van der Waals surface area contributed by atoms with Crippen LogP contribution < -0.4 is 16.8 Å². The Bertz CT molecular complexity index is 632. The van der Waals surface area contributed by atoms with Crippen molar-refractivity contribution in [1.82, 2.24) is 9.97 Å². The fourth-order valence-electron chi connectivity index (χ4n) is 1.55. The second-order valence-corrected chi connectivity index (χ2v) is 5.22. The minimum absolute atomic E-state index is 0.218. The summed E-state index contributed by atoms with van der Waals surface area (Å²) < 4.78 is 13.0. The molecule has 0 saturated carbocycles. The number of thioether (sulfide) groups is 1. The molecular formula is C13H14FN5OS. The molecule has 1 amide bonds. The summed E-state index contributed by atoms with van der Waals surface area (Å²) in [6.07, 6.45) is 0.235. The van der Waals surface area contributed by atoms with Gasteiger partial charge in [-0.15, -0.1) is 0 Å². The van der Waals surface area contributed by atoms with Gasteiger partial charge in [-0.25, -0.2) is 14.4 Å². The number of rotatable bonds is 5. The van der Waals surface area contributed by atoms with Crippen LogP contribution in [0.25, 0.3) is 0 Å². The van der Waals surface area contributed by atoms with Gasteiger partial charge in [-0.05, 0) is 18.2 Å². The molecule has 6 nitrogen and oxygen atoms in total. The average molecular weight is 307 g/mol. The van der Waals surface area contributed by atoms with Crippen molar-refractivity contribution in [3.8, 4) is 0 Å². The lowest BCUT2D eigenvalue weighted by Crippen LogP contribution is -2.12. The van der Waals surface area contributed by atoms with Crippen molar-refractivity contribution in [1.29, 1.82) is 0 Å². The third-order valence-electron chi connectivity index (χ3n) is 2.41. The van der Waals surface area contributed by atoms with Crippen molar-refractivity contribution in [3.05, 3.63) is 36.1 Å². The lowest BCUT2D eigenvalue weighted by Gasteiger charge is -2.05. The quantitative estimate of drug-likeness (QED) is 0.575. The molecular weight excluding hydrogens is 293 g/mol. The maximum Gasteiger partial charge on any atom is 0.225 e. The summed E-state index contributed by atoms with van der Waals surface area (Å²) >= 11 is 1.27. The fraction of sp³-hybridized carbons (Fsp3) is 0.154. The largest absolute Gasteiger partial charge is 0.383 e. The van der Waals surface area contributed by atoms with Gasteiger partial charge < -0.3 is 16.8 Å². The molecule has 0 bridgehead atoms. The van der Waals surface area contributed by atoms with E-state index >= 15 is 0 Å². The molecule has 2 rings (SSSR count). The van der Waals surface area contributed by atoms with E-state index in [0.29, 0.717) is 16.6 Å². The van der Waals surface area contributed by atoms with Crippen LogP contribution in [-0.2, 0) is 4.79 Å². The molecule has 5 N–H and O–H groups in total. The zero-order chi connectivity index (χ0) is 15.2. The highest BCUT2D eigenvalue weighted by Gasteiger charge is 2.06. The summed E-state index contributed by atoms with van der Waals surface area (Å²) in [6, 6.07) is 7.18. The van der Waals surface area contributed by atoms with Gasteiger partial charge >= 0.3 is 0 Å². The summed E-state index contributed by atoms with van der Waals surface area (Å²) in [5.74, 6) is 0.420. The van der Waals surface area contributed by atoms with E-state index in [1.54, 1.807) is 6.07 Å². The molecule has 8 heteroatoms. The number of aromatic nitrogens is 2. The highest BCUT2D eigenvalue weighted by Crippen LogP contribution is 2.17. The minimum Gasteiger partial charge on any atom is -0.383 e. The molecule has 0 aliphatic carbocycles. The van der Waals surface area contributed by atoms with Gasteiger partial charge in [-0.2, -0.15) is 0 Å². The number of carbonyl (C=O) groups excluding carboxylic acids is 1. The van der Waals surface area contributed by atoms with Gasteiger partial charge in [0.25, 0.3) is 0 Å². The Kier molecular flexibility index (Phi) is 4.94. The lowest BCUT2D eigenvalue weighted by atomic mass is 10.3. The van der Waals surface area contributed by atoms with Crippen molar-refractivity contribution in [3.63, 3.8) is 0 Å². The van der Waals surface area contributed by atoms with Crippen molar-refractivity contribution < 1.29 is 9.18 Å². The van der Waals surface area contributed by atoms with E-state index in [4.69, 9.17) is 11.5 Å². The number of nitrogen functional groups attached to an aromatic ring is 2. The number of anilines is 3. The second kappa shape index (κ2) is 6.89. The Hall–Kier alpha value is -2.35. The minimum atomic E-state index is -0.397. The monoisotopic (exact) mass is 307 g/mol. The molecule has 2 aromatic rings. The van der Waals surface area contributed by atoms with E-state index in [-0.39, 0.29) is 24.0 Å². The predicted molar refractivity (Wildman–Crippen MR) is 81.2 cm³/mol. The number of carbonyl (C=O) groups is 1. The van der Waals surface area contributed by atoms with E-state index in [9.17, 15) is 9.18 Å². The van der Waals surface area contributed by atoms with E-state index in [1.807, 2.05) is 0 Å². The van der Waals surface area contributed by atoms with Gasteiger partial charge in [-0.3, -0.25) is 4.79 Å². The second-order valence-electron chi connectivity index (χ2n) is 4.16. The fourth-order valence-corrected chi connectivity index (χ4v) is 2.36. The van der Waals surface area contributed by atoms with Crippen LogP contribution in [0.2, 0.25) is 0 Å². The smallest absolute Gasteiger partial charge is 0.225 e. The van der Waals surface area contributed by atoms with Crippen molar-refractivity contribution >= 4 is 35.0 Å². The topological polar surface area (TPSA) is 107 Å². The zero-order valence-electron chi connectivity index (χ0n) is 11.0. The first-order chi connectivity index (χ1) is 10.0. The normalized spacial score (nSPS) is 10.3. The van der Waals surface area contributed by atoms with Gasteiger partial charge in [0.15, 0.2) is 5.16 Å². The lowest BCUT2D eigenvalue weighted by molar-refractivity contribution is -0.115. The van der Waals surface area contributed by atoms with Crippen LogP contribution in [0.1, 0.15) is 6.42 Å². The third-order valence-corrected chi connectivity index (χ3v) is 3.26. The number of hydrogen-bond donors (Lipinski definition) is 3. The van der Waals surface area contributed by atoms with Crippen LogP contribution in [0.5, 0.6) is 0 Å². The van der Waals surface area contributed by atoms with Gasteiger partial charge in [-0.1, -0.05) is 17.8 Å². The number of amides is 1. The number of nitrogens with zero attached hydrogens (tertiary/aromatic N) is 2. The molecule has 0 aliphatic rings. The Morgan fingerprint density at radius 3 is 2.62 bits per heavy atom. The third kappa shape index (κ3) is 4.92. The zero-order valence-corrected chi connectivity index (χ0v) is 11.9. The first-order valence-electron chi connectivity index (χ1n) is 6.11. The van der Waals surface area contributed by atoms with E-state index in [1.165, 1.54) is 36.0 Å². The Labute approximate surface area is 125 Å². The van der Waals surface area contributed by atoms with Crippen LogP contribution >= 0.6 is 11.8 Å². The van der Waals surface area contributed by atoms with Crippen LogP contribution in [0.15, 0.2) is 35.5 Å². The molecule has 0 spiro atoms. The number of halogens is 1. The first kappa shape index (κ1) is 15.0. The highest BCUT2D eigenvalue weighted by molar-refractivity contribution is 7.99. The molecule has 0 fully saturated rings. The van der Waals surface area contributed by atoms with Crippen LogP contribution in [0.4, 0.5) is 21.7 Å². The molecule has 1 heterocycles. The van der Waals surface area contributed by atoms with E-state index in [2.05, 4.69) is 15.3 Å². The SMILES string of the molecule is Nc1cc(N)nc(SCCC(=O)Nc2cccc(F)c2)n1. The van der Waals surface area contributed by atoms with Crippen molar-refractivity contribution in [2.45, 2.75) is 11.6 Å². The first-order valence-corrected chi connectivity index (χ1v) is 7.10. The molecule has 0 unspecified atom stereocenters. The summed E-state index contributed by atoms with van der Waals surface area (Å²) in [5, 5.41) is 3.03. The van der Waals surface area contributed by atoms with Crippen LogP contribution in [-0.4, -0.2) is 21.6 Å². The Balaban J connectivity index is 1.81. The average Bonchev–Trinajstić information content (AvgIpc) is 2.37. The molecule has 21 heavy (non-hydrogen) atoms. The summed E-state index contributed by atoms with van der Waals surface area (Å²) in [5.41, 5.74) is 11.5. The van der Waals surface area contributed by atoms with Crippen molar-refractivity contribution in [2.24, 2.45) is 0 Å². The number of nitrogens with one attached hydrogen (secondary N) is 1. The predicted octanol–water partition coefficient (Wildman–Crippen LogP) is 1.90. The van der Waals surface area contributed by atoms with Crippen molar-refractivity contribution in [2.75, 3.05) is 22.5 Å². The van der Waals surface area contributed by atoms with Crippen LogP contribution in [0, 0.1) is 5.82 Å². The molecule has 110 valence electrons. The summed E-state index contributed by atoms with van der Waals surface area (Å²) in [6.45, 7) is 0. The van der Waals surface area contributed by atoms with Gasteiger partial charge in [0.05, 0.1) is 0 Å². The summed E-state index contributed by atoms with van der Waals surface area (Å²) in [7, 11) is 0. The highest BCUT2D eigenvalue weighted by atomic mass is 32.2. The molecule has 0 saturated heterocycles. The van der Waals surface area contributed by atoms with E-state index < -0.39 is 5.82 Å². The molecule has 1 aromatic carbocycles. The number of hydrogen-bond acceptors (Lipinski definition) is 6. The van der Waals surface area contributed by atoms with Gasteiger partial charge in [0, 0.05) is 23.9 Å². The number of nitrogens with two attached hydrogens (primary N) is 2. The number of benzene rings is 1. The molecule has 0 atom stereocenters.